The number of nitrogens with one attached hydrogen (secondary N) is 1. The SMILES string of the molecule is CCCCCCc1ccc(CO[C@@H]2CN[C@@H](CO)C2)cc1. The predicted molar refractivity (Wildman–Crippen MR) is 86.4 cm³/mol. The van der Waals surface area contributed by atoms with Gasteiger partial charge in [-0.15, -0.1) is 0 Å². The van der Waals surface area contributed by atoms with E-state index in [-0.39, 0.29) is 18.8 Å². The first-order valence-electron chi connectivity index (χ1n) is 8.35. The maximum Gasteiger partial charge on any atom is 0.0721 e. The average Bonchev–Trinajstić information content (AvgIpc) is 2.99. The maximum atomic E-state index is 9.09. The van der Waals surface area contributed by atoms with Crippen LogP contribution < -0.4 is 5.32 Å². The Bertz CT molecular complexity index is 391. The highest BCUT2D eigenvalue weighted by Crippen LogP contribution is 2.14. The zero-order valence-corrected chi connectivity index (χ0v) is 13.2. The van der Waals surface area contributed by atoms with E-state index in [1.807, 2.05) is 0 Å². The molecule has 118 valence electrons. The molecule has 1 aromatic rings. The lowest BCUT2D eigenvalue weighted by Gasteiger charge is -2.11. The van der Waals surface area contributed by atoms with Crippen LogP contribution in [0.5, 0.6) is 0 Å². The molecule has 1 heterocycles. The summed E-state index contributed by atoms with van der Waals surface area (Å²) >= 11 is 0. The second-order valence-corrected chi connectivity index (χ2v) is 6.08. The van der Waals surface area contributed by atoms with Gasteiger partial charge in [-0.05, 0) is 30.4 Å². The van der Waals surface area contributed by atoms with Crippen molar-refractivity contribution in [1.29, 1.82) is 0 Å². The van der Waals surface area contributed by atoms with Crippen LogP contribution in [-0.2, 0) is 17.8 Å². The molecule has 2 rings (SSSR count). The fraction of sp³-hybridized carbons (Fsp3) is 0.667. The number of benzene rings is 1. The molecular weight excluding hydrogens is 262 g/mol. The van der Waals surface area contributed by atoms with Crippen LogP contribution in [0, 0.1) is 0 Å². The molecule has 21 heavy (non-hydrogen) atoms. The first-order chi connectivity index (χ1) is 10.3. The van der Waals surface area contributed by atoms with Crippen molar-refractivity contribution in [3.05, 3.63) is 35.4 Å². The molecule has 0 bridgehead atoms. The number of unbranched alkanes of at least 4 members (excludes halogenated alkanes) is 3. The van der Waals surface area contributed by atoms with Crippen molar-refractivity contribution < 1.29 is 9.84 Å². The summed E-state index contributed by atoms with van der Waals surface area (Å²) in [4.78, 5) is 0. The van der Waals surface area contributed by atoms with Gasteiger partial charge in [0, 0.05) is 12.6 Å². The third-order valence-corrected chi connectivity index (χ3v) is 4.23. The van der Waals surface area contributed by atoms with Crippen LogP contribution >= 0.6 is 0 Å². The van der Waals surface area contributed by atoms with Crippen molar-refractivity contribution in [2.45, 2.75) is 64.2 Å². The Morgan fingerprint density at radius 3 is 2.57 bits per heavy atom. The van der Waals surface area contributed by atoms with Crippen LogP contribution in [0.4, 0.5) is 0 Å². The fourth-order valence-corrected chi connectivity index (χ4v) is 2.82. The summed E-state index contributed by atoms with van der Waals surface area (Å²) in [7, 11) is 0. The van der Waals surface area contributed by atoms with Crippen LogP contribution in [0.3, 0.4) is 0 Å². The molecule has 3 nitrogen and oxygen atoms in total. The molecule has 1 aromatic carbocycles. The Labute approximate surface area is 128 Å². The summed E-state index contributed by atoms with van der Waals surface area (Å²) in [5, 5.41) is 12.3. The highest BCUT2D eigenvalue weighted by Gasteiger charge is 2.23. The van der Waals surface area contributed by atoms with E-state index in [1.165, 1.54) is 43.2 Å². The summed E-state index contributed by atoms with van der Waals surface area (Å²) in [6, 6.07) is 9.03. The standard InChI is InChI=1S/C18H29NO2/c1-2-3-4-5-6-15-7-9-16(10-8-15)14-21-18-11-17(13-20)19-12-18/h7-10,17-20H,2-6,11-14H2,1H3/t17-,18+/m1/s1. The summed E-state index contributed by atoms with van der Waals surface area (Å²) in [5.74, 6) is 0. The lowest BCUT2D eigenvalue weighted by molar-refractivity contribution is 0.0512. The van der Waals surface area contributed by atoms with Gasteiger partial charge in [0.25, 0.3) is 0 Å². The highest BCUT2D eigenvalue weighted by molar-refractivity contribution is 5.22. The first-order valence-corrected chi connectivity index (χ1v) is 8.35. The number of aliphatic hydroxyl groups excluding tert-OH is 1. The Balaban J connectivity index is 1.67. The minimum atomic E-state index is 0.201. The molecule has 0 amide bonds. The van der Waals surface area contributed by atoms with E-state index in [9.17, 15) is 0 Å². The molecule has 2 atom stereocenters. The third kappa shape index (κ3) is 5.77. The smallest absolute Gasteiger partial charge is 0.0721 e. The number of hydrogen-bond acceptors (Lipinski definition) is 3. The normalized spacial score (nSPS) is 21.8. The van der Waals surface area contributed by atoms with Gasteiger partial charge >= 0.3 is 0 Å². The molecule has 0 radical (unpaired) electrons. The minimum absolute atomic E-state index is 0.201. The Kier molecular flexibility index (Phi) is 7.20. The van der Waals surface area contributed by atoms with Crippen LogP contribution in [0.15, 0.2) is 24.3 Å². The van der Waals surface area contributed by atoms with Gasteiger partial charge in [0.05, 0.1) is 19.3 Å². The van der Waals surface area contributed by atoms with Gasteiger partial charge < -0.3 is 15.2 Å². The average molecular weight is 291 g/mol. The third-order valence-electron chi connectivity index (χ3n) is 4.23. The van der Waals surface area contributed by atoms with Crippen molar-refractivity contribution in [2.24, 2.45) is 0 Å². The molecule has 1 aliphatic rings. The first kappa shape index (κ1) is 16.5. The van der Waals surface area contributed by atoms with Crippen molar-refractivity contribution in [2.75, 3.05) is 13.2 Å². The van der Waals surface area contributed by atoms with E-state index in [0.717, 1.165) is 13.0 Å². The Morgan fingerprint density at radius 2 is 1.90 bits per heavy atom. The summed E-state index contributed by atoms with van der Waals surface area (Å²) in [6.07, 6.45) is 7.59. The van der Waals surface area contributed by atoms with Crippen LogP contribution in [0.25, 0.3) is 0 Å². The van der Waals surface area contributed by atoms with Gasteiger partial charge in [-0.3, -0.25) is 0 Å². The zero-order valence-electron chi connectivity index (χ0n) is 13.2. The highest BCUT2D eigenvalue weighted by atomic mass is 16.5. The summed E-state index contributed by atoms with van der Waals surface area (Å²) < 4.78 is 5.90. The maximum absolute atomic E-state index is 9.09. The van der Waals surface area contributed by atoms with E-state index < -0.39 is 0 Å². The lowest BCUT2D eigenvalue weighted by atomic mass is 10.0. The Morgan fingerprint density at radius 1 is 1.14 bits per heavy atom. The summed E-state index contributed by atoms with van der Waals surface area (Å²) in [5.41, 5.74) is 2.66. The molecule has 1 aliphatic heterocycles. The quantitative estimate of drug-likeness (QED) is 0.687. The van der Waals surface area contributed by atoms with Crippen LogP contribution in [0.2, 0.25) is 0 Å². The van der Waals surface area contributed by atoms with Gasteiger partial charge in [0.1, 0.15) is 0 Å². The number of hydrogen-bond donors (Lipinski definition) is 2. The van der Waals surface area contributed by atoms with E-state index in [1.54, 1.807) is 0 Å². The van der Waals surface area contributed by atoms with Gasteiger partial charge in [-0.1, -0.05) is 50.5 Å². The largest absolute Gasteiger partial charge is 0.395 e. The molecule has 0 spiro atoms. The van der Waals surface area contributed by atoms with E-state index in [2.05, 4.69) is 36.5 Å². The van der Waals surface area contributed by atoms with Gasteiger partial charge in [0.2, 0.25) is 0 Å². The van der Waals surface area contributed by atoms with Crippen molar-refractivity contribution in [3.63, 3.8) is 0 Å². The Hall–Kier alpha value is -0.900. The zero-order chi connectivity index (χ0) is 14.9. The van der Waals surface area contributed by atoms with Gasteiger partial charge in [-0.25, -0.2) is 0 Å². The van der Waals surface area contributed by atoms with Crippen LogP contribution in [-0.4, -0.2) is 30.4 Å². The van der Waals surface area contributed by atoms with Crippen LogP contribution in [0.1, 0.15) is 50.2 Å². The fourth-order valence-electron chi connectivity index (χ4n) is 2.82. The molecule has 1 fully saturated rings. The number of aryl methyl sites for hydroxylation is 1. The number of ether oxygens (including phenoxy) is 1. The van der Waals surface area contributed by atoms with E-state index in [0.29, 0.717) is 6.61 Å². The van der Waals surface area contributed by atoms with Crippen molar-refractivity contribution in [1.82, 2.24) is 5.32 Å². The van der Waals surface area contributed by atoms with E-state index >= 15 is 0 Å². The molecular formula is C18H29NO2. The second kappa shape index (κ2) is 9.19. The number of rotatable bonds is 9. The lowest BCUT2D eigenvalue weighted by Crippen LogP contribution is -2.24. The second-order valence-electron chi connectivity index (χ2n) is 6.08. The predicted octanol–water partition coefficient (Wildman–Crippen LogP) is 3.05. The van der Waals surface area contributed by atoms with Gasteiger partial charge in [-0.2, -0.15) is 0 Å². The van der Waals surface area contributed by atoms with Crippen molar-refractivity contribution >= 4 is 0 Å². The summed E-state index contributed by atoms with van der Waals surface area (Å²) in [6.45, 7) is 3.96. The molecule has 0 aromatic heterocycles. The molecule has 0 unspecified atom stereocenters. The number of aliphatic hydroxyl groups is 1. The molecule has 0 aliphatic carbocycles. The van der Waals surface area contributed by atoms with E-state index in [4.69, 9.17) is 9.84 Å². The topological polar surface area (TPSA) is 41.5 Å². The molecule has 3 heteroatoms. The van der Waals surface area contributed by atoms with Gasteiger partial charge in [0.15, 0.2) is 0 Å². The molecule has 1 saturated heterocycles. The molecule has 2 N–H and O–H groups in total. The monoisotopic (exact) mass is 291 g/mol. The van der Waals surface area contributed by atoms with Crippen molar-refractivity contribution in [3.8, 4) is 0 Å². The molecule has 0 saturated carbocycles. The minimum Gasteiger partial charge on any atom is -0.395 e.